The normalized spacial score (nSPS) is 12.4. The number of ketones is 1. The molecule has 10 N–H and O–H groups in total. The lowest BCUT2D eigenvalue weighted by atomic mass is 9.99. The standard InChI is InChI=1S/C21H33N7O5/c1-12(2)18(20(33)27-11-17(30)31)28-16(29)10-26-15-8-4-3-6-13(15)19(32)14(22)7-5-9-25-21(23)24/h3-4,6,8,12,14,18,26H,5,7,9-11,22H2,1-2H3,(H,27,33)(H,28,29)(H,30,31)(H4,23,24,25). The number of carboxylic acids is 1. The highest BCUT2D eigenvalue weighted by Gasteiger charge is 2.25. The summed E-state index contributed by atoms with van der Waals surface area (Å²) in [7, 11) is 0. The van der Waals surface area contributed by atoms with Gasteiger partial charge in [0.2, 0.25) is 11.8 Å². The Balaban J connectivity index is 2.71. The number of anilines is 1. The molecule has 0 bridgehead atoms. The molecule has 0 aliphatic rings. The summed E-state index contributed by atoms with van der Waals surface area (Å²) < 4.78 is 0. The number of rotatable bonds is 14. The number of carbonyl (C=O) groups is 4. The minimum Gasteiger partial charge on any atom is -0.480 e. The molecular weight excluding hydrogens is 430 g/mol. The third-order valence-electron chi connectivity index (χ3n) is 4.66. The number of carboxylic acid groups (broad SMARTS) is 1. The number of aliphatic carboxylic acids is 1. The Kier molecular flexibility index (Phi) is 11.3. The molecule has 0 radical (unpaired) electrons. The summed E-state index contributed by atoms with van der Waals surface area (Å²) in [5, 5.41) is 26.2. The van der Waals surface area contributed by atoms with Crippen molar-refractivity contribution in [2.24, 2.45) is 17.4 Å². The molecule has 0 saturated heterocycles. The number of amides is 2. The zero-order valence-electron chi connectivity index (χ0n) is 18.8. The average molecular weight is 464 g/mol. The Bertz CT molecular complexity index is 859. The first kappa shape index (κ1) is 27.4. The molecule has 12 heteroatoms. The SMILES string of the molecule is CC(C)C(NC(=O)CNc1ccccc1C(=O)C(N)CCCNC(=N)N)C(=O)NCC(=O)O. The maximum atomic E-state index is 12.8. The van der Waals surface area contributed by atoms with Crippen LogP contribution in [-0.2, 0) is 14.4 Å². The molecule has 0 saturated carbocycles. The highest BCUT2D eigenvalue weighted by molar-refractivity contribution is 6.04. The highest BCUT2D eigenvalue weighted by Crippen LogP contribution is 2.17. The summed E-state index contributed by atoms with van der Waals surface area (Å²) in [5.74, 6) is -3.00. The van der Waals surface area contributed by atoms with E-state index in [9.17, 15) is 19.2 Å². The summed E-state index contributed by atoms with van der Waals surface area (Å²) in [6.45, 7) is 3.11. The zero-order chi connectivity index (χ0) is 25.0. The van der Waals surface area contributed by atoms with Crippen LogP contribution in [0.15, 0.2) is 24.3 Å². The topological polar surface area (TPSA) is 213 Å². The van der Waals surface area contributed by atoms with Gasteiger partial charge in [-0.3, -0.25) is 24.6 Å². The molecule has 0 aliphatic heterocycles. The number of benzene rings is 1. The molecular formula is C21H33N7O5. The van der Waals surface area contributed by atoms with Gasteiger partial charge in [-0.25, -0.2) is 0 Å². The average Bonchev–Trinajstić information content (AvgIpc) is 2.76. The second-order valence-corrected chi connectivity index (χ2v) is 7.75. The molecule has 33 heavy (non-hydrogen) atoms. The predicted molar refractivity (Wildman–Crippen MR) is 124 cm³/mol. The lowest BCUT2D eigenvalue weighted by Gasteiger charge is -2.22. The van der Waals surface area contributed by atoms with Crippen LogP contribution in [0.5, 0.6) is 0 Å². The van der Waals surface area contributed by atoms with Crippen LogP contribution in [0.25, 0.3) is 0 Å². The van der Waals surface area contributed by atoms with Crippen molar-refractivity contribution in [1.82, 2.24) is 16.0 Å². The smallest absolute Gasteiger partial charge is 0.322 e. The third kappa shape index (κ3) is 9.99. The maximum Gasteiger partial charge on any atom is 0.322 e. The van der Waals surface area contributed by atoms with Crippen molar-refractivity contribution < 1.29 is 24.3 Å². The Hall–Kier alpha value is -3.67. The van der Waals surface area contributed by atoms with Crippen molar-refractivity contribution in [3.8, 4) is 0 Å². The van der Waals surface area contributed by atoms with Gasteiger partial charge in [0, 0.05) is 17.8 Å². The Morgan fingerprint density at radius 2 is 1.76 bits per heavy atom. The van der Waals surface area contributed by atoms with Gasteiger partial charge < -0.3 is 37.8 Å². The molecule has 0 spiro atoms. The van der Waals surface area contributed by atoms with Crippen LogP contribution in [0.2, 0.25) is 0 Å². The van der Waals surface area contributed by atoms with E-state index in [0.717, 1.165) is 0 Å². The molecule has 0 aliphatic carbocycles. The number of hydrogen-bond donors (Lipinski definition) is 8. The van der Waals surface area contributed by atoms with Crippen LogP contribution in [0.1, 0.15) is 37.0 Å². The van der Waals surface area contributed by atoms with E-state index in [2.05, 4.69) is 21.3 Å². The van der Waals surface area contributed by atoms with E-state index in [1.807, 2.05) is 0 Å². The fourth-order valence-electron chi connectivity index (χ4n) is 2.94. The van der Waals surface area contributed by atoms with E-state index in [1.165, 1.54) is 0 Å². The minimum absolute atomic E-state index is 0.151. The Morgan fingerprint density at radius 1 is 1.09 bits per heavy atom. The predicted octanol–water partition coefficient (Wildman–Crippen LogP) is -0.787. The molecule has 2 unspecified atom stereocenters. The number of hydrogen-bond acceptors (Lipinski definition) is 7. The van der Waals surface area contributed by atoms with Gasteiger partial charge >= 0.3 is 5.97 Å². The van der Waals surface area contributed by atoms with Gasteiger partial charge in [0.05, 0.1) is 12.6 Å². The van der Waals surface area contributed by atoms with Gasteiger partial charge in [-0.15, -0.1) is 0 Å². The molecule has 2 amide bonds. The fourth-order valence-corrected chi connectivity index (χ4v) is 2.94. The first-order valence-corrected chi connectivity index (χ1v) is 10.5. The summed E-state index contributed by atoms with van der Waals surface area (Å²) in [6.07, 6.45) is 0.931. The van der Waals surface area contributed by atoms with Crippen LogP contribution in [0.3, 0.4) is 0 Å². The number of carbonyl (C=O) groups excluding carboxylic acids is 3. The Morgan fingerprint density at radius 3 is 2.36 bits per heavy atom. The van der Waals surface area contributed by atoms with Gasteiger partial charge in [-0.1, -0.05) is 26.0 Å². The molecule has 0 heterocycles. The number of nitrogens with two attached hydrogens (primary N) is 2. The second kappa shape index (κ2) is 13.7. The lowest BCUT2D eigenvalue weighted by Crippen LogP contribution is -2.51. The van der Waals surface area contributed by atoms with Gasteiger partial charge in [0.25, 0.3) is 0 Å². The quantitative estimate of drug-likeness (QED) is 0.0750. The van der Waals surface area contributed by atoms with Crippen molar-refractivity contribution in [3.05, 3.63) is 29.8 Å². The number of para-hydroxylation sites is 1. The summed E-state index contributed by atoms with van der Waals surface area (Å²) in [5.41, 5.74) is 12.0. The first-order valence-electron chi connectivity index (χ1n) is 10.5. The summed E-state index contributed by atoms with van der Waals surface area (Å²) in [4.78, 5) is 48.0. The van der Waals surface area contributed by atoms with Gasteiger partial charge in [0.1, 0.15) is 12.6 Å². The number of Topliss-reactive ketones (excluding diaryl/α,β-unsaturated/α-hetero) is 1. The maximum absolute atomic E-state index is 12.8. The van der Waals surface area contributed by atoms with Crippen molar-refractivity contribution >= 4 is 35.2 Å². The van der Waals surface area contributed by atoms with Crippen LogP contribution in [0.4, 0.5) is 5.69 Å². The van der Waals surface area contributed by atoms with E-state index in [1.54, 1.807) is 38.1 Å². The second-order valence-electron chi connectivity index (χ2n) is 7.75. The van der Waals surface area contributed by atoms with Crippen molar-refractivity contribution in [2.45, 2.75) is 38.8 Å². The van der Waals surface area contributed by atoms with E-state index in [-0.39, 0.29) is 24.2 Å². The largest absolute Gasteiger partial charge is 0.480 e. The summed E-state index contributed by atoms with van der Waals surface area (Å²) in [6, 6.07) is 4.96. The molecule has 1 aromatic carbocycles. The van der Waals surface area contributed by atoms with E-state index in [0.29, 0.717) is 30.6 Å². The third-order valence-corrected chi connectivity index (χ3v) is 4.66. The lowest BCUT2D eigenvalue weighted by molar-refractivity contribution is -0.138. The Labute approximate surface area is 192 Å². The van der Waals surface area contributed by atoms with Gasteiger partial charge in [-0.2, -0.15) is 0 Å². The van der Waals surface area contributed by atoms with Crippen molar-refractivity contribution in [1.29, 1.82) is 5.41 Å². The van der Waals surface area contributed by atoms with E-state index < -0.39 is 36.4 Å². The molecule has 12 nitrogen and oxygen atoms in total. The van der Waals surface area contributed by atoms with Crippen molar-refractivity contribution in [2.75, 3.05) is 25.0 Å². The van der Waals surface area contributed by atoms with Gasteiger partial charge in [-0.05, 0) is 30.9 Å². The minimum atomic E-state index is -1.19. The van der Waals surface area contributed by atoms with E-state index in [4.69, 9.17) is 22.0 Å². The van der Waals surface area contributed by atoms with E-state index >= 15 is 0 Å². The van der Waals surface area contributed by atoms with Crippen LogP contribution in [-0.4, -0.2) is 66.4 Å². The molecule has 0 aromatic heterocycles. The number of guanidine groups is 1. The van der Waals surface area contributed by atoms with Gasteiger partial charge in [0.15, 0.2) is 11.7 Å². The first-order chi connectivity index (χ1) is 15.5. The summed E-state index contributed by atoms with van der Waals surface area (Å²) >= 11 is 0. The number of nitrogens with one attached hydrogen (secondary N) is 5. The van der Waals surface area contributed by atoms with Crippen molar-refractivity contribution in [3.63, 3.8) is 0 Å². The van der Waals surface area contributed by atoms with Crippen LogP contribution in [0, 0.1) is 11.3 Å². The monoisotopic (exact) mass is 463 g/mol. The molecule has 1 aromatic rings. The van der Waals surface area contributed by atoms with Crippen LogP contribution >= 0.6 is 0 Å². The molecule has 1 rings (SSSR count). The molecule has 182 valence electrons. The highest BCUT2D eigenvalue weighted by atomic mass is 16.4. The molecule has 0 fully saturated rings. The fraction of sp³-hybridized carbons (Fsp3) is 0.476. The zero-order valence-corrected chi connectivity index (χ0v) is 18.8. The molecule has 2 atom stereocenters. The van der Waals surface area contributed by atoms with Crippen LogP contribution < -0.4 is 32.7 Å².